The van der Waals surface area contributed by atoms with E-state index in [1.807, 2.05) is 43.3 Å². The van der Waals surface area contributed by atoms with Crippen LogP contribution in [0.3, 0.4) is 0 Å². The zero-order valence-electron chi connectivity index (χ0n) is 11.2. The first-order valence-electron chi connectivity index (χ1n) is 6.30. The Bertz CT molecular complexity index is 635. The summed E-state index contributed by atoms with van der Waals surface area (Å²) in [5.41, 5.74) is 8.97. The summed E-state index contributed by atoms with van der Waals surface area (Å²) in [4.78, 5) is 12.6. The number of para-hydroxylation sites is 1. The number of rotatable bonds is 4. The van der Waals surface area contributed by atoms with Gasteiger partial charge in [0.25, 0.3) is 5.91 Å². The lowest BCUT2D eigenvalue weighted by molar-refractivity contribution is 0.102. The predicted molar refractivity (Wildman–Crippen MR) is 86.1 cm³/mol. The van der Waals surface area contributed by atoms with Gasteiger partial charge in [0.2, 0.25) is 0 Å². The van der Waals surface area contributed by atoms with E-state index in [0.29, 0.717) is 17.0 Å². The fraction of sp³-hybridized carbons (Fsp3) is 0.125. The fourth-order valence-electron chi connectivity index (χ4n) is 1.88. The number of hydrogen-bond acceptors (Lipinski definition) is 2. The van der Waals surface area contributed by atoms with Crippen molar-refractivity contribution < 1.29 is 4.79 Å². The molecule has 0 fully saturated rings. The standard InChI is InChI=1S/C16H16N2OS/c1-11-4-2-3-5-14(11)18-16(19)13-8-6-12(7-9-13)10-15(17)20/h2-9H,10H2,1H3,(H2,17,20)(H,18,19). The molecule has 1 amide bonds. The maximum atomic E-state index is 12.1. The Morgan fingerprint density at radius 1 is 1.15 bits per heavy atom. The number of anilines is 1. The van der Waals surface area contributed by atoms with E-state index in [1.165, 1.54) is 0 Å². The molecule has 0 unspecified atom stereocenters. The Balaban J connectivity index is 2.10. The van der Waals surface area contributed by atoms with Crippen molar-refractivity contribution in [3.63, 3.8) is 0 Å². The summed E-state index contributed by atoms with van der Waals surface area (Å²) in [5.74, 6) is -0.124. The molecule has 3 N–H and O–H groups in total. The van der Waals surface area contributed by atoms with Crippen LogP contribution in [0.25, 0.3) is 0 Å². The molecule has 4 heteroatoms. The first-order valence-corrected chi connectivity index (χ1v) is 6.71. The number of benzene rings is 2. The summed E-state index contributed by atoms with van der Waals surface area (Å²) in [7, 11) is 0. The minimum absolute atomic E-state index is 0.124. The van der Waals surface area contributed by atoms with Gasteiger partial charge in [0.1, 0.15) is 0 Å². The quantitative estimate of drug-likeness (QED) is 0.848. The van der Waals surface area contributed by atoms with Crippen LogP contribution >= 0.6 is 12.2 Å². The summed E-state index contributed by atoms with van der Waals surface area (Å²) in [6, 6.07) is 15.0. The summed E-state index contributed by atoms with van der Waals surface area (Å²) >= 11 is 4.86. The second kappa shape index (κ2) is 6.30. The van der Waals surface area contributed by atoms with Crippen molar-refractivity contribution >= 4 is 28.8 Å². The van der Waals surface area contributed by atoms with E-state index < -0.39 is 0 Å². The summed E-state index contributed by atoms with van der Waals surface area (Å²) in [5, 5.41) is 2.90. The smallest absolute Gasteiger partial charge is 0.255 e. The van der Waals surface area contributed by atoms with Crippen LogP contribution in [0.15, 0.2) is 48.5 Å². The van der Waals surface area contributed by atoms with Gasteiger partial charge >= 0.3 is 0 Å². The average Bonchev–Trinajstić information content (AvgIpc) is 2.41. The number of carbonyl (C=O) groups excluding carboxylic acids is 1. The van der Waals surface area contributed by atoms with Crippen molar-refractivity contribution in [1.82, 2.24) is 0 Å². The molecule has 0 saturated carbocycles. The Labute approximate surface area is 123 Å². The van der Waals surface area contributed by atoms with Crippen molar-refractivity contribution in [1.29, 1.82) is 0 Å². The molecule has 2 aromatic carbocycles. The molecule has 0 bridgehead atoms. The third-order valence-corrected chi connectivity index (χ3v) is 3.13. The molecule has 0 aromatic heterocycles. The van der Waals surface area contributed by atoms with E-state index in [1.54, 1.807) is 12.1 Å². The molecule has 2 aromatic rings. The zero-order valence-corrected chi connectivity index (χ0v) is 12.0. The van der Waals surface area contributed by atoms with Gasteiger partial charge in [-0.3, -0.25) is 4.79 Å². The molecule has 0 aliphatic heterocycles. The third kappa shape index (κ3) is 3.65. The van der Waals surface area contributed by atoms with Crippen LogP contribution in [0.4, 0.5) is 5.69 Å². The van der Waals surface area contributed by atoms with Crippen LogP contribution in [-0.2, 0) is 6.42 Å². The number of amides is 1. The molecule has 102 valence electrons. The predicted octanol–water partition coefficient (Wildman–Crippen LogP) is 3.08. The monoisotopic (exact) mass is 284 g/mol. The lowest BCUT2D eigenvalue weighted by Gasteiger charge is -2.08. The molecule has 0 spiro atoms. The molecular formula is C16H16N2OS. The molecule has 3 nitrogen and oxygen atoms in total. The Kier molecular flexibility index (Phi) is 4.48. The maximum absolute atomic E-state index is 12.1. The van der Waals surface area contributed by atoms with Gasteiger partial charge in [0.05, 0.1) is 4.99 Å². The van der Waals surface area contributed by atoms with Crippen molar-refractivity contribution in [2.24, 2.45) is 5.73 Å². The summed E-state index contributed by atoms with van der Waals surface area (Å²) in [6.45, 7) is 1.96. The lowest BCUT2D eigenvalue weighted by atomic mass is 10.1. The van der Waals surface area contributed by atoms with Crippen molar-refractivity contribution in [3.05, 3.63) is 65.2 Å². The first-order chi connectivity index (χ1) is 9.56. The van der Waals surface area contributed by atoms with Crippen LogP contribution in [0.1, 0.15) is 21.5 Å². The van der Waals surface area contributed by atoms with Gasteiger partial charge in [-0.05, 0) is 36.2 Å². The van der Waals surface area contributed by atoms with Gasteiger partial charge in [-0.1, -0.05) is 42.5 Å². The van der Waals surface area contributed by atoms with Gasteiger partial charge in [-0.2, -0.15) is 0 Å². The molecule has 20 heavy (non-hydrogen) atoms. The van der Waals surface area contributed by atoms with E-state index in [0.717, 1.165) is 16.8 Å². The van der Waals surface area contributed by atoms with Crippen LogP contribution in [0.2, 0.25) is 0 Å². The Hall–Kier alpha value is -2.20. The van der Waals surface area contributed by atoms with Crippen LogP contribution in [0, 0.1) is 6.92 Å². The van der Waals surface area contributed by atoms with Gasteiger partial charge in [0.15, 0.2) is 0 Å². The van der Waals surface area contributed by atoms with Gasteiger partial charge in [-0.25, -0.2) is 0 Å². The van der Waals surface area contributed by atoms with Gasteiger partial charge in [-0.15, -0.1) is 0 Å². The second-order valence-electron chi connectivity index (χ2n) is 4.61. The summed E-state index contributed by atoms with van der Waals surface area (Å²) in [6.07, 6.45) is 0.551. The average molecular weight is 284 g/mol. The molecule has 0 aliphatic rings. The van der Waals surface area contributed by atoms with Crippen LogP contribution < -0.4 is 11.1 Å². The lowest BCUT2D eigenvalue weighted by Crippen LogP contribution is -2.13. The summed E-state index contributed by atoms with van der Waals surface area (Å²) < 4.78 is 0. The number of thiocarbonyl (C=S) groups is 1. The zero-order chi connectivity index (χ0) is 14.5. The van der Waals surface area contributed by atoms with E-state index in [4.69, 9.17) is 18.0 Å². The molecular weight excluding hydrogens is 268 g/mol. The van der Waals surface area contributed by atoms with Gasteiger partial charge in [0, 0.05) is 17.7 Å². The number of nitrogens with one attached hydrogen (secondary N) is 1. The molecule has 2 rings (SSSR count). The maximum Gasteiger partial charge on any atom is 0.255 e. The number of hydrogen-bond donors (Lipinski definition) is 2. The normalized spacial score (nSPS) is 10.1. The molecule has 0 atom stereocenters. The van der Waals surface area contributed by atoms with E-state index in [2.05, 4.69) is 5.32 Å². The van der Waals surface area contributed by atoms with E-state index >= 15 is 0 Å². The first kappa shape index (κ1) is 14.2. The highest BCUT2D eigenvalue weighted by Crippen LogP contribution is 2.15. The van der Waals surface area contributed by atoms with Crippen LogP contribution in [0.5, 0.6) is 0 Å². The fourth-order valence-corrected chi connectivity index (χ4v) is 2.05. The minimum atomic E-state index is -0.124. The number of aryl methyl sites for hydroxylation is 1. The topological polar surface area (TPSA) is 55.1 Å². The third-order valence-electron chi connectivity index (χ3n) is 2.99. The highest BCUT2D eigenvalue weighted by Gasteiger charge is 2.07. The van der Waals surface area contributed by atoms with Crippen molar-refractivity contribution in [2.45, 2.75) is 13.3 Å². The largest absolute Gasteiger partial charge is 0.393 e. The van der Waals surface area contributed by atoms with E-state index in [9.17, 15) is 4.79 Å². The Morgan fingerprint density at radius 3 is 2.40 bits per heavy atom. The molecule has 0 saturated heterocycles. The number of carbonyl (C=O) groups is 1. The second-order valence-corrected chi connectivity index (χ2v) is 5.13. The minimum Gasteiger partial charge on any atom is -0.393 e. The molecule has 0 aliphatic carbocycles. The highest BCUT2D eigenvalue weighted by atomic mass is 32.1. The SMILES string of the molecule is Cc1ccccc1NC(=O)c1ccc(CC(N)=S)cc1. The molecule has 0 heterocycles. The van der Waals surface area contributed by atoms with Crippen molar-refractivity contribution in [3.8, 4) is 0 Å². The highest BCUT2D eigenvalue weighted by molar-refractivity contribution is 7.80. The number of nitrogens with two attached hydrogens (primary N) is 1. The molecule has 0 radical (unpaired) electrons. The Morgan fingerprint density at radius 2 is 1.80 bits per heavy atom. The van der Waals surface area contributed by atoms with Crippen molar-refractivity contribution in [2.75, 3.05) is 5.32 Å². The van der Waals surface area contributed by atoms with Crippen LogP contribution in [-0.4, -0.2) is 10.9 Å². The van der Waals surface area contributed by atoms with Gasteiger partial charge < -0.3 is 11.1 Å². The van der Waals surface area contributed by atoms with E-state index in [-0.39, 0.29) is 5.91 Å².